The fourth-order valence-corrected chi connectivity index (χ4v) is 2.87. The summed E-state index contributed by atoms with van der Waals surface area (Å²) in [6.07, 6.45) is 5.71. The molecule has 3 aromatic rings. The number of aromatic nitrogens is 1. The predicted octanol–water partition coefficient (Wildman–Crippen LogP) is 4.66. The molecule has 4 rings (SSSR count). The summed E-state index contributed by atoms with van der Waals surface area (Å²) in [5, 5.41) is 4.68. The third-order valence-electron chi connectivity index (χ3n) is 4.13. The lowest BCUT2D eigenvalue weighted by molar-refractivity contribution is 0.306. The molecule has 0 N–H and O–H groups in total. The molecule has 1 aromatic heterocycles. The van der Waals surface area contributed by atoms with Crippen molar-refractivity contribution in [2.45, 2.75) is 13.2 Å². The van der Waals surface area contributed by atoms with Gasteiger partial charge < -0.3 is 19.1 Å². The highest BCUT2D eigenvalue weighted by atomic mass is 35.5. The van der Waals surface area contributed by atoms with Gasteiger partial charge in [0.2, 0.25) is 0 Å². The Balaban J connectivity index is 1.31. The number of rotatable bonds is 6. The first-order chi connectivity index (χ1) is 12.8. The van der Waals surface area contributed by atoms with Gasteiger partial charge in [-0.3, -0.25) is 0 Å². The maximum atomic E-state index is 5.90. The van der Waals surface area contributed by atoms with Gasteiger partial charge in [-0.2, -0.15) is 0 Å². The molecule has 2 heterocycles. The van der Waals surface area contributed by atoms with Crippen molar-refractivity contribution in [1.82, 2.24) is 10.1 Å². The highest BCUT2D eigenvalue weighted by molar-refractivity contribution is 6.30. The molecule has 0 saturated heterocycles. The summed E-state index contributed by atoms with van der Waals surface area (Å²) in [7, 11) is 0. The smallest absolute Gasteiger partial charge is 0.124 e. The fourth-order valence-electron chi connectivity index (χ4n) is 2.74. The number of anilines is 1. The summed E-state index contributed by atoms with van der Waals surface area (Å²) < 4.78 is 10.7. The van der Waals surface area contributed by atoms with Crippen LogP contribution in [0.15, 0.2) is 77.8 Å². The molecule has 5 nitrogen and oxygen atoms in total. The van der Waals surface area contributed by atoms with Gasteiger partial charge in [-0.15, -0.1) is 0 Å². The number of halogens is 1. The molecule has 26 heavy (non-hydrogen) atoms. The van der Waals surface area contributed by atoms with Gasteiger partial charge in [-0.25, -0.2) is 0 Å². The molecule has 6 heteroatoms. The lowest BCUT2D eigenvalue weighted by atomic mass is 10.2. The zero-order valence-electron chi connectivity index (χ0n) is 14.1. The van der Waals surface area contributed by atoms with Gasteiger partial charge >= 0.3 is 0 Å². The quantitative estimate of drug-likeness (QED) is 0.634. The van der Waals surface area contributed by atoms with Crippen molar-refractivity contribution in [1.29, 1.82) is 0 Å². The van der Waals surface area contributed by atoms with E-state index in [9.17, 15) is 0 Å². The standard InChI is InChI=1S/C20H18ClN3O2/c21-17-3-1-16(2-4-17)14-25-20-7-5-19(6-8-20)24-11-10-23(15-24)13-18-9-12-26-22-18/h1-12H,13-15H2. The maximum absolute atomic E-state index is 5.90. The van der Waals surface area contributed by atoms with Crippen LogP contribution in [0, 0.1) is 0 Å². The van der Waals surface area contributed by atoms with E-state index in [-0.39, 0.29) is 0 Å². The second-order valence-corrected chi connectivity index (χ2v) is 6.49. The molecule has 1 aliphatic rings. The van der Waals surface area contributed by atoms with Crippen LogP contribution >= 0.6 is 11.6 Å². The highest BCUT2D eigenvalue weighted by Gasteiger charge is 2.15. The van der Waals surface area contributed by atoms with Gasteiger partial charge in [0.05, 0.1) is 13.2 Å². The van der Waals surface area contributed by atoms with Crippen molar-refractivity contribution in [3.63, 3.8) is 0 Å². The van der Waals surface area contributed by atoms with Crippen molar-refractivity contribution in [2.24, 2.45) is 0 Å². The van der Waals surface area contributed by atoms with Crippen LogP contribution in [0.1, 0.15) is 11.3 Å². The Morgan fingerprint density at radius 3 is 2.54 bits per heavy atom. The number of benzene rings is 2. The van der Waals surface area contributed by atoms with E-state index in [1.54, 1.807) is 6.26 Å². The second kappa shape index (κ2) is 7.54. The first kappa shape index (κ1) is 16.5. The van der Waals surface area contributed by atoms with E-state index in [2.05, 4.69) is 39.5 Å². The van der Waals surface area contributed by atoms with Crippen LogP contribution in [0.3, 0.4) is 0 Å². The van der Waals surface area contributed by atoms with Crippen molar-refractivity contribution in [3.8, 4) is 5.75 Å². The Hall–Kier alpha value is -2.92. The average Bonchev–Trinajstić information content (AvgIpc) is 3.34. The fraction of sp³-hybridized carbons (Fsp3) is 0.150. The summed E-state index contributed by atoms with van der Waals surface area (Å²) in [6.45, 7) is 2.02. The van der Waals surface area contributed by atoms with Crippen LogP contribution in [-0.4, -0.2) is 16.7 Å². The topological polar surface area (TPSA) is 41.7 Å². The number of ether oxygens (including phenoxy) is 1. The molecule has 0 unspecified atom stereocenters. The van der Waals surface area contributed by atoms with Crippen molar-refractivity contribution in [3.05, 3.63) is 89.5 Å². The van der Waals surface area contributed by atoms with Gasteiger partial charge in [0.1, 0.15) is 24.3 Å². The van der Waals surface area contributed by atoms with E-state index in [1.165, 1.54) is 0 Å². The van der Waals surface area contributed by atoms with E-state index < -0.39 is 0 Å². The minimum atomic E-state index is 0.519. The Morgan fingerprint density at radius 2 is 1.81 bits per heavy atom. The van der Waals surface area contributed by atoms with E-state index in [0.717, 1.165) is 40.9 Å². The molecule has 0 amide bonds. The summed E-state index contributed by atoms with van der Waals surface area (Å²) in [4.78, 5) is 4.34. The lowest BCUT2D eigenvalue weighted by Crippen LogP contribution is -2.24. The summed E-state index contributed by atoms with van der Waals surface area (Å²) in [5.41, 5.74) is 3.12. The van der Waals surface area contributed by atoms with E-state index in [4.69, 9.17) is 20.9 Å². The largest absolute Gasteiger partial charge is 0.489 e. The van der Waals surface area contributed by atoms with Crippen LogP contribution < -0.4 is 9.64 Å². The normalized spacial score (nSPS) is 13.4. The molecule has 0 bridgehead atoms. The number of hydrogen-bond acceptors (Lipinski definition) is 5. The van der Waals surface area contributed by atoms with Crippen LogP contribution in [0.2, 0.25) is 5.02 Å². The first-order valence-corrected chi connectivity index (χ1v) is 8.70. The second-order valence-electron chi connectivity index (χ2n) is 6.06. The van der Waals surface area contributed by atoms with Crippen molar-refractivity contribution < 1.29 is 9.26 Å². The molecule has 0 atom stereocenters. The molecule has 2 aromatic carbocycles. The molecule has 0 fully saturated rings. The highest BCUT2D eigenvalue weighted by Crippen LogP contribution is 2.24. The Bertz CT molecular complexity index is 861. The minimum absolute atomic E-state index is 0.519. The average molecular weight is 368 g/mol. The van der Waals surface area contributed by atoms with Gasteiger partial charge in [0.25, 0.3) is 0 Å². The van der Waals surface area contributed by atoms with Gasteiger partial charge in [-0.1, -0.05) is 28.9 Å². The number of nitrogens with zero attached hydrogens (tertiary/aromatic N) is 3. The molecule has 0 aliphatic carbocycles. The maximum Gasteiger partial charge on any atom is 0.124 e. The predicted molar refractivity (Wildman–Crippen MR) is 101 cm³/mol. The van der Waals surface area contributed by atoms with Crippen molar-refractivity contribution in [2.75, 3.05) is 11.6 Å². The molecule has 0 spiro atoms. The van der Waals surface area contributed by atoms with Crippen molar-refractivity contribution >= 4 is 17.3 Å². The molecule has 0 radical (unpaired) electrons. The molecular weight excluding hydrogens is 350 g/mol. The van der Waals surface area contributed by atoms with E-state index in [0.29, 0.717) is 6.61 Å². The van der Waals surface area contributed by atoms with Gasteiger partial charge in [0.15, 0.2) is 0 Å². The Morgan fingerprint density at radius 1 is 1.00 bits per heavy atom. The molecule has 132 valence electrons. The SMILES string of the molecule is Clc1ccc(COc2ccc(N3C=CN(Cc4ccon4)C3)cc2)cc1. The summed E-state index contributed by atoms with van der Waals surface area (Å²) in [6, 6.07) is 17.6. The molecule has 1 aliphatic heterocycles. The first-order valence-electron chi connectivity index (χ1n) is 8.32. The lowest BCUT2D eigenvalue weighted by Gasteiger charge is -2.20. The summed E-state index contributed by atoms with van der Waals surface area (Å²) >= 11 is 5.90. The van der Waals surface area contributed by atoms with Crippen LogP contribution in [0.5, 0.6) is 5.75 Å². The number of hydrogen-bond donors (Lipinski definition) is 0. The third kappa shape index (κ3) is 4.00. The van der Waals surface area contributed by atoms with Crippen LogP contribution in [0.25, 0.3) is 0 Å². The summed E-state index contributed by atoms with van der Waals surface area (Å²) in [5.74, 6) is 0.839. The van der Waals surface area contributed by atoms with Crippen LogP contribution in [-0.2, 0) is 13.2 Å². The van der Waals surface area contributed by atoms with Crippen LogP contribution in [0.4, 0.5) is 5.69 Å². The van der Waals surface area contributed by atoms with E-state index in [1.807, 2.05) is 42.5 Å². The zero-order chi connectivity index (χ0) is 17.8. The van der Waals surface area contributed by atoms with E-state index >= 15 is 0 Å². The Kier molecular flexibility index (Phi) is 4.80. The zero-order valence-corrected chi connectivity index (χ0v) is 14.8. The molecule has 0 saturated carbocycles. The van der Waals surface area contributed by atoms with Gasteiger partial charge in [-0.05, 0) is 42.0 Å². The Labute approximate surface area is 157 Å². The molecular formula is C20H18ClN3O2. The van der Waals surface area contributed by atoms with Gasteiger partial charge in [0, 0.05) is 29.2 Å². The monoisotopic (exact) mass is 367 g/mol. The third-order valence-corrected chi connectivity index (χ3v) is 4.39. The minimum Gasteiger partial charge on any atom is -0.489 e.